The number of carbonyl (C=O) groups excluding carboxylic acids is 2. The highest BCUT2D eigenvalue weighted by Crippen LogP contribution is 2.38. The van der Waals surface area contributed by atoms with Gasteiger partial charge in [0.2, 0.25) is 5.91 Å². The number of carboxylic acids is 1. The normalized spacial score (nSPS) is 10.8. The van der Waals surface area contributed by atoms with E-state index in [-0.39, 0.29) is 31.2 Å². The maximum Gasteiger partial charge on any atom is 0.305 e. The lowest BCUT2D eigenvalue weighted by atomic mass is 10.1. The molecule has 1 aromatic heterocycles. The molecule has 7 nitrogen and oxygen atoms in total. The van der Waals surface area contributed by atoms with Gasteiger partial charge in [-0.15, -0.1) is 0 Å². The number of benzene rings is 2. The number of ether oxygens (including phenoxy) is 1. The first kappa shape index (κ1) is 22.7. The van der Waals surface area contributed by atoms with Crippen molar-refractivity contribution >= 4 is 51.9 Å². The first-order chi connectivity index (χ1) is 14.7. The average molecular weight is 463 g/mol. The second-order valence-electron chi connectivity index (χ2n) is 6.86. The molecular formula is C22H20Cl2N2O5. The second-order valence-corrected chi connectivity index (χ2v) is 7.67. The molecule has 0 aliphatic rings. The van der Waals surface area contributed by atoms with Gasteiger partial charge >= 0.3 is 5.97 Å². The summed E-state index contributed by atoms with van der Waals surface area (Å²) in [6.45, 7) is 1.74. The van der Waals surface area contributed by atoms with Gasteiger partial charge in [-0.25, -0.2) is 0 Å². The number of fused-ring (bicyclic) bond motifs is 1. The molecular weight excluding hydrogens is 443 g/mol. The van der Waals surface area contributed by atoms with Crippen LogP contribution in [-0.4, -0.2) is 41.1 Å². The number of hydrogen-bond donors (Lipinski definition) is 2. The molecule has 0 bridgehead atoms. The zero-order chi connectivity index (χ0) is 22.7. The van der Waals surface area contributed by atoms with Crippen LogP contribution in [-0.2, 0) is 16.0 Å². The minimum absolute atomic E-state index is 0.00656. The monoisotopic (exact) mass is 462 g/mol. The van der Waals surface area contributed by atoms with Crippen LogP contribution in [0.25, 0.3) is 10.9 Å². The highest BCUT2D eigenvalue weighted by Gasteiger charge is 2.24. The van der Waals surface area contributed by atoms with Gasteiger partial charge in [-0.1, -0.05) is 23.2 Å². The van der Waals surface area contributed by atoms with Gasteiger partial charge in [0.05, 0.1) is 30.5 Å². The first-order valence-corrected chi connectivity index (χ1v) is 10.1. The molecule has 0 saturated carbocycles. The predicted molar refractivity (Wildman–Crippen MR) is 118 cm³/mol. The van der Waals surface area contributed by atoms with Crippen molar-refractivity contribution in [2.24, 2.45) is 0 Å². The lowest BCUT2D eigenvalue weighted by Crippen LogP contribution is -2.27. The van der Waals surface area contributed by atoms with Crippen molar-refractivity contribution in [3.63, 3.8) is 0 Å². The van der Waals surface area contributed by atoms with Crippen LogP contribution < -0.4 is 10.1 Å². The van der Waals surface area contributed by atoms with E-state index < -0.39 is 5.97 Å². The van der Waals surface area contributed by atoms with E-state index in [1.807, 2.05) is 0 Å². The lowest BCUT2D eigenvalue weighted by Gasteiger charge is -2.08. The van der Waals surface area contributed by atoms with E-state index in [0.29, 0.717) is 43.5 Å². The Morgan fingerprint density at radius 1 is 1.10 bits per heavy atom. The summed E-state index contributed by atoms with van der Waals surface area (Å²) in [5, 5.41) is 12.7. The molecule has 9 heteroatoms. The van der Waals surface area contributed by atoms with Crippen molar-refractivity contribution in [2.75, 3.05) is 13.7 Å². The van der Waals surface area contributed by atoms with Crippen LogP contribution in [0.1, 0.15) is 28.0 Å². The Hall–Kier alpha value is -3.03. The number of nitrogens with one attached hydrogen (secondary N) is 1. The molecule has 2 aromatic carbocycles. The largest absolute Gasteiger partial charge is 0.495 e. The standard InChI is InChI=1S/C22H20Cl2N2O5/c1-12-15(11-18(27)25-10-9-19(28)29)20-16(7-8-17(31-2)21(20)24)26(12)22(30)13-3-5-14(23)6-4-13/h3-8H,9-11H2,1-2H3,(H,25,27)(H,28,29). The summed E-state index contributed by atoms with van der Waals surface area (Å²) in [6.07, 6.45) is -0.258. The Morgan fingerprint density at radius 2 is 1.77 bits per heavy atom. The highest BCUT2D eigenvalue weighted by atomic mass is 35.5. The van der Waals surface area contributed by atoms with Gasteiger partial charge in [-0.2, -0.15) is 0 Å². The summed E-state index contributed by atoms with van der Waals surface area (Å²) in [4.78, 5) is 36.4. The summed E-state index contributed by atoms with van der Waals surface area (Å²) in [5.41, 5.74) is 2.08. The zero-order valence-electron chi connectivity index (χ0n) is 16.9. The summed E-state index contributed by atoms with van der Waals surface area (Å²) in [7, 11) is 1.48. The molecule has 0 aliphatic heterocycles. The predicted octanol–water partition coefficient (Wildman–Crippen LogP) is 4.09. The topological polar surface area (TPSA) is 97.6 Å². The van der Waals surface area contributed by atoms with Gasteiger partial charge in [0.1, 0.15) is 5.75 Å². The summed E-state index contributed by atoms with van der Waals surface area (Å²) in [5.74, 6) is -1.26. The Balaban J connectivity index is 2.09. The minimum atomic E-state index is -1.01. The van der Waals surface area contributed by atoms with Gasteiger partial charge in [0, 0.05) is 28.2 Å². The minimum Gasteiger partial charge on any atom is -0.495 e. The third-order valence-electron chi connectivity index (χ3n) is 4.91. The third kappa shape index (κ3) is 4.68. The number of aromatic nitrogens is 1. The van der Waals surface area contributed by atoms with Crippen molar-refractivity contribution < 1.29 is 24.2 Å². The van der Waals surface area contributed by atoms with E-state index in [9.17, 15) is 14.4 Å². The van der Waals surface area contributed by atoms with E-state index in [0.717, 1.165) is 0 Å². The number of carbonyl (C=O) groups is 3. The molecule has 0 radical (unpaired) electrons. The van der Waals surface area contributed by atoms with Crippen molar-refractivity contribution in [1.82, 2.24) is 9.88 Å². The SMILES string of the molecule is COc1ccc2c(c1Cl)c(CC(=O)NCCC(=O)O)c(C)n2C(=O)c1ccc(Cl)cc1. The average Bonchev–Trinajstić information content (AvgIpc) is 3.00. The molecule has 162 valence electrons. The third-order valence-corrected chi connectivity index (χ3v) is 5.54. The quantitative estimate of drug-likeness (QED) is 0.550. The zero-order valence-corrected chi connectivity index (χ0v) is 18.4. The summed E-state index contributed by atoms with van der Waals surface area (Å²) in [6, 6.07) is 9.88. The van der Waals surface area contributed by atoms with Crippen molar-refractivity contribution in [3.05, 3.63) is 63.3 Å². The Labute approximate surface area is 188 Å². The first-order valence-electron chi connectivity index (χ1n) is 9.39. The van der Waals surface area contributed by atoms with Crippen LogP contribution in [0.3, 0.4) is 0 Å². The van der Waals surface area contributed by atoms with E-state index in [1.54, 1.807) is 43.3 Å². The Kier molecular flexibility index (Phi) is 6.87. The molecule has 0 aliphatic carbocycles. The fourth-order valence-electron chi connectivity index (χ4n) is 3.41. The molecule has 31 heavy (non-hydrogen) atoms. The molecule has 0 fully saturated rings. The fourth-order valence-corrected chi connectivity index (χ4v) is 3.88. The second kappa shape index (κ2) is 9.41. The highest BCUT2D eigenvalue weighted by molar-refractivity contribution is 6.37. The molecule has 0 unspecified atom stereocenters. The molecule has 3 rings (SSSR count). The number of methoxy groups -OCH3 is 1. The molecule has 0 spiro atoms. The Bertz CT molecular complexity index is 1170. The van der Waals surface area contributed by atoms with Crippen molar-refractivity contribution in [2.45, 2.75) is 19.8 Å². The molecule has 1 amide bonds. The van der Waals surface area contributed by atoms with Crippen LogP contribution >= 0.6 is 23.2 Å². The molecule has 0 saturated heterocycles. The van der Waals surface area contributed by atoms with Gasteiger partial charge in [0.25, 0.3) is 5.91 Å². The van der Waals surface area contributed by atoms with Crippen LogP contribution in [0.2, 0.25) is 10.0 Å². The number of nitrogens with zero attached hydrogens (tertiary/aromatic N) is 1. The van der Waals surface area contributed by atoms with Crippen LogP contribution in [0, 0.1) is 6.92 Å². The number of carboxylic acid groups (broad SMARTS) is 1. The van der Waals surface area contributed by atoms with Crippen LogP contribution in [0.15, 0.2) is 36.4 Å². The summed E-state index contributed by atoms with van der Waals surface area (Å²) >= 11 is 12.5. The van der Waals surface area contributed by atoms with Crippen molar-refractivity contribution in [1.29, 1.82) is 0 Å². The number of hydrogen-bond acceptors (Lipinski definition) is 4. The number of rotatable bonds is 7. The maximum atomic E-state index is 13.3. The number of amides is 1. The maximum absolute atomic E-state index is 13.3. The number of halogens is 2. The smallest absolute Gasteiger partial charge is 0.305 e. The lowest BCUT2D eigenvalue weighted by molar-refractivity contribution is -0.136. The van der Waals surface area contributed by atoms with Gasteiger partial charge in [-0.05, 0) is 48.9 Å². The number of aliphatic carboxylic acids is 1. The summed E-state index contributed by atoms with van der Waals surface area (Å²) < 4.78 is 6.81. The van der Waals surface area contributed by atoms with Gasteiger partial charge in [0.15, 0.2) is 0 Å². The molecule has 0 atom stereocenters. The van der Waals surface area contributed by atoms with E-state index in [2.05, 4.69) is 5.32 Å². The van der Waals surface area contributed by atoms with Crippen LogP contribution in [0.5, 0.6) is 5.75 Å². The van der Waals surface area contributed by atoms with Gasteiger partial charge in [-0.3, -0.25) is 19.0 Å². The molecule has 3 aromatic rings. The Morgan fingerprint density at radius 3 is 2.39 bits per heavy atom. The van der Waals surface area contributed by atoms with Crippen LogP contribution in [0.4, 0.5) is 0 Å². The van der Waals surface area contributed by atoms with Crippen molar-refractivity contribution in [3.8, 4) is 5.75 Å². The van der Waals surface area contributed by atoms with E-state index >= 15 is 0 Å². The fraction of sp³-hybridized carbons (Fsp3) is 0.227. The van der Waals surface area contributed by atoms with E-state index in [1.165, 1.54) is 11.7 Å². The van der Waals surface area contributed by atoms with Gasteiger partial charge < -0.3 is 15.2 Å². The van der Waals surface area contributed by atoms with E-state index in [4.69, 9.17) is 33.0 Å². The molecule has 1 heterocycles. The molecule has 2 N–H and O–H groups in total.